The number of carbonyl (C=O) groups is 5. The second-order valence-electron chi connectivity index (χ2n) is 13.7. The number of ketones is 1. The zero-order valence-corrected chi connectivity index (χ0v) is 26.4. The summed E-state index contributed by atoms with van der Waals surface area (Å²) in [6.07, 6.45) is 3.95. The number of likely N-dealkylation sites (tertiary alicyclic amines) is 1. The summed E-state index contributed by atoms with van der Waals surface area (Å²) in [5, 5.41) is 8.19. The van der Waals surface area contributed by atoms with E-state index in [-0.39, 0.29) is 38.1 Å². The van der Waals surface area contributed by atoms with Crippen LogP contribution in [0.5, 0.6) is 0 Å². The van der Waals surface area contributed by atoms with Gasteiger partial charge >= 0.3 is 6.09 Å². The number of carbonyl (C=O) groups excluding carboxylic acids is 5. The summed E-state index contributed by atoms with van der Waals surface area (Å²) in [5.74, 6) is -1.85. The van der Waals surface area contributed by atoms with Gasteiger partial charge in [0.15, 0.2) is 0 Å². The molecular weight excluding hydrogens is 586 g/mol. The van der Waals surface area contributed by atoms with Crippen LogP contribution in [0.15, 0.2) is 22.8 Å². The third kappa shape index (κ3) is 7.85. The monoisotopic (exact) mass is 631 g/mol. The molecule has 5 rings (SSSR count). The molecule has 4 N–H and O–H groups in total. The Morgan fingerprint density at radius 3 is 2.53 bits per heavy atom. The van der Waals surface area contributed by atoms with E-state index in [1.165, 1.54) is 4.90 Å². The van der Waals surface area contributed by atoms with Crippen LogP contribution in [0.2, 0.25) is 0 Å². The normalized spacial score (nSPS) is 27.6. The van der Waals surface area contributed by atoms with Crippen LogP contribution in [0.4, 0.5) is 4.79 Å². The molecule has 3 saturated heterocycles. The molecule has 14 heteroatoms. The first-order chi connectivity index (χ1) is 21.4. The molecule has 1 aliphatic carbocycles. The standard InChI is InChI=1S/C31H45N5O9/c1-5-7-20(24(37)27(39)32-18-9-10-18)33-26(38)22-15-31(14-21(35-45-31)23-8-6-12-43-23)17-36(22)28(40)25(30(2,3)4)34-29(41)44-19-11-13-42-16-19/h6,8,12,18-22,25,35H,5,7,9-11,13-17H2,1-4H3,(H,32,39)(H,33,38)(H,34,41)/t19-,20-,21?,22-,25+,31+/m0/s1. The molecule has 0 bridgehead atoms. The summed E-state index contributed by atoms with van der Waals surface area (Å²) in [4.78, 5) is 74.4. The number of hydrogen-bond acceptors (Lipinski definition) is 10. The highest BCUT2D eigenvalue weighted by Gasteiger charge is 2.56. The third-order valence-corrected chi connectivity index (χ3v) is 8.75. The number of Topliss-reactive ketones (excluding diaryl/α,β-unsaturated/α-hetero) is 1. The summed E-state index contributed by atoms with van der Waals surface area (Å²) in [5.41, 5.74) is 1.28. The maximum Gasteiger partial charge on any atom is 0.408 e. The highest BCUT2D eigenvalue weighted by atomic mass is 16.7. The van der Waals surface area contributed by atoms with E-state index in [4.69, 9.17) is 18.7 Å². The molecule has 4 amide bonds. The minimum atomic E-state index is -1.05. The zero-order chi connectivity index (χ0) is 32.4. The van der Waals surface area contributed by atoms with Gasteiger partial charge in [0.05, 0.1) is 38.1 Å². The molecule has 14 nitrogen and oxygen atoms in total. The molecule has 4 fully saturated rings. The number of ether oxygens (including phenoxy) is 2. The smallest absolute Gasteiger partial charge is 0.408 e. The molecule has 248 valence electrons. The average molecular weight is 632 g/mol. The predicted molar refractivity (Wildman–Crippen MR) is 158 cm³/mol. The van der Waals surface area contributed by atoms with Crippen LogP contribution in [0, 0.1) is 5.41 Å². The van der Waals surface area contributed by atoms with Gasteiger partial charge in [0.2, 0.25) is 17.6 Å². The molecule has 1 unspecified atom stereocenters. The second kappa shape index (κ2) is 13.5. The Morgan fingerprint density at radius 2 is 1.91 bits per heavy atom. The van der Waals surface area contributed by atoms with Crippen molar-refractivity contribution in [3.05, 3.63) is 24.2 Å². The fourth-order valence-corrected chi connectivity index (χ4v) is 6.13. The molecule has 45 heavy (non-hydrogen) atoms. The zero-order valence-electron chi connectivity index (χ0n) is 26.4. The number of rotatable bonds is 11. The minimum absolute atomic E-state index is 0.00827. The van der Waals surface area contributed by atoms with Crippen LogP contribution >= 0.6 is 0 Å². The van der Waals surface area contributed by atoms with E-state index in [0.717, 1.165) is 12.8 Å². The number of amides is 4. The molecule has 1 spiro atoms. The largest absolute Gasteiger partial charge is 0.468 e. The van der Waals surface area contributed by atoms with Crippen molar-refractivity contribution in [1.29, 1.82) is 0 Å². The summed E-state index contributed by atoms with van der Waals surface area (Å²) >= 11 is 0. The van der Waals surface area contributed by atoms with Gasteiger partial charge in [-0.25, -0.2) is 4.79 Å². The molecule has 6 atom stereocenters. The van der Waals surface area contributed by atoms with E-state index in [0.29, 0.717) is 31.6 Å². The first-order valence-corrected chi connectivity index (χ1v) is 15.9. The van der Waals surface area contributed by atoms with E-state index in [9.17, 15) is 24.0 Å². The summed E-state index contributed by atoms with van der Waals surface area (Å²) in [6, 6.07) is 0.128. The van der Waals surface area contributed by atoms with Crippen molar-refractivity contribution in [1.82, 2.24) is 26.3 Å². The summed E-state index contributed by atoms with van der Waals surface area (Å²) in [6.45, 7) is 8.11. The maximum absolute atomic E-state index is 14.3. The van der Waals surface area contributed by atoms with Crippen molar-refractivity contribution in [2.45, 2.75) is 115 Å². The molecule has 3 aliphatic heterocycles. The van der Waals surface area contributed by atoms with Gasteiger partial charge < -0.3 is 34.7 Å². The van der Waals surface area contributed by atoms with Gasteiger partial charge in [-0.05, 0) is 36.8 Å². The predicted octanol–water partition coefficient (Wildman–Crippen LogP) is 1.65. The van der Waals surface area contributed by atoms with E-state index in [1.807, 2.05) is 33.8 Å². The van der Waals surface area contributed by atoms with Crippen molar-refractivity contribution >= 4 is 29.6 Å². The van der Waals surface area contributed by atoms with E-state index >= 15 is 0 Å². The quantitative estimate of drug-likeness (QED) is 0.263. The highest BCUT2D eigenvalue weighted by molar-refractivity contribution is 6.38. The Labute approximate surface area is 262 Å². The molecule has 1 aromatic heterocycles. The van der Waals surface area contributed by atoms with Crippen LogP contribution in [-0.4, -0.2) is 90.1 Å². The van der Waals surface area contributed by atoms with Crippen molar-refractivity contribution in [3.63, 3.8) is 0 Å². The maximum atomic E-state index is 14.3. The number of furan rings is 1. The van der Waals surface area contributed by atoms with Crippen LogP contribution in [0.1, 0.15) is 84.4 Å². The first kappa shape index (κ1) is 32.9. The highest BCUT2D eigenvalue weighted by Crippen LogP contribution is 2.43. The lowest BCUT2D eigenvalue weighted by molar-refractivity contribution is -0.144. The second-order valence-corrected chi connectivity index (χ2v) is 13.7. The molecule has 1 saturated carbocycles. The summed E-state index contributed by atoms with van der Waals surface area (Å²) in [7, 11) is 0. The summed E-state index contributed by atoms with van der Waals surface area (Å²) < 4.78 is 16.3. The molecule has 1 aromatic rings. The van der Waals surface area contributed by atoms with Gasteiger partial charge in [-0.3, -0.25) is 24.0 Å². The lowest BCUT2D eigenvalue weighted by atomic mass is 9.85. The third-order valence-electron chi connectivity index (χ3n) is 8.75. The fourth-order valence-electron chi connectivity index (χ4n) is 6.13. The topological polar surface area (TPSA) is 178 Å². The van der Waals surface area contributed by atoms with Crippen LogP contribution in [0.25, 0.3) is 0 Å². The van der Waals surface area contributed by atoms with E-state index in [1.54, 1.807) is 12.3 Å². The lowest BCUT2D eigenvalue weighted by Gasteiger charge is -2.35. The Hall–Kier alpha value is -3.49. The minimum Gasteiger partial charge on any atom is -0.468 e. The molecule has 0 radical (unpaired) electrons. The van der Waals surface area contributed by atoms with Gasteiger partial charge in [0.25, 0.3) is 5.91 Å². The van der Waals surface area contributed by atoms with Crippen molar-refractivity contribution in [2.24, 2.45) is 5.41 Å². The molecular formula is C31H45N5O9. The van der Waals surface area contributed by atoms with Gasteiger partial charge in [0.1, 0.15) is 29.5 Å². The van der Waals surface area contributed by atoms with Crippen molar-refractivity contribution in [2.75, 3.05) is 19.8 Å². The molecule has 0 aromatic carbocycles. The van der Waals surface area contributed by atoms with Crippen molar-refractivity contribution < 1.29 is 42.7 Å². The lowest BCUT2D eigenvalue weighted by Crippen LogP contribution is -2.59. The number of hydrogen-bond donors (Lipinski definition) is 4. The van der Waals surface area contributed by atoms with Crippen LogP contribution < -0.4 is 21.4 Å². The number of nitrogens with zero attached hydrogens (tertiary/aromatic N) is 1. The van der Waals surface area contributed by atoms with Crippen molar-refractivity contribution in [3.8, 4) is 0 Å². The SMILES string of the molecule is CCC[C@H](NC(=O)[C@@H]1C[C@]2(CC(c3ccco3)NO2)CN1C(=O)[C@@H](NC(=O)O[C@H]1CCOC1)C(C)(C)C)C(=O)C(=O)NC1CC1. The van der Waals surface area contributed by atoms with Gasteiger partial charge in [-0.1, -0.05) is 34.1 Å². The van der Waals surface area contributed by atoms with Crippen LogP contribution in [0.3, 0.4) is 0 Å². The Bertz CT molecular complexity index is 1250. The average Bonchev–Trinajstić information content (AvgIpc) is 3.46. The van der Waals surface area contributed by atoms with Gasteiger partial charge in [0, 0.05) is 25.3 Å². The Morgan fingerprint density at radius 1 is 1.13 bits per heavy atom. The fraction of sp³-hybridized carbons (Fsp3) is 0.710. The Balaban J connectivity index is 1.37. The first-order valence-electron chi connectivity index (χ1n) is 15.9. The molecule has 4 aliphatic rings. The van der Waals surface area contributed by atoms with E-state index in [2.05, 4.69) is 21.4 Å². The Kier molecular flexibility index (Phi) is 9.85. The van der Waals surface area contributed by atoms with E-state index < -0.39 is 64.8 Å². The van der Waals surface area contributed by atoms with Gasteiger partial charge in [-0.2, -0.15) is 5.48 Å². The molecule has 4 heterocycles. The number of hydroxylamine groups is 1. The van der Waals surface area contributed by atoms with Gasteiger partial charge in [-0.15, -0.1) is 0 Å². The number of alkyl carbamates (subject to hydrolysis) is 1. The van der Waals surface area contributed by atoms with Crippen LogP contribution in [-0.2, 0) is 33.5 Å². The number of nitrogens with one attached hydrogen (secondary N) is 4.